The van der Waals surface area contributed by atoms with Gasteiger partial charge in [0.2, 0.25) is 5.91 Å². The number of methoxy groups -OCH3 is 1. The smallest absolute Gasteiger partial charge is 0.320 e. The van der Waals surface area contributed by atoms with Crippen molar-refractivity contribution in [2.45, 2.75) is 11.8 Å². The third-order valence-electron chi connectivity index (χ3n) is 3.15. The van der Waals surface area contributed by atoms with Crippen molar-refractivity contribution < 1.29 is 19.1 Å². The third-order valence-corrected chi connectivity index (χ3v) is 4.22. The first-order chi connectivity index (χ1) is 12.1. The maximum absolute atomic E-state index is 12.4. The third kappa shape index (κ3) is 8.72. The Kier molecular flexibility index (Phi) is 10.6. The number of hydrogen-bond acceptors (Lipinski definition) is 6. The van der Waals surface area contributed by atoms with E-state index in [1.54, 1.807) is 30.7 Å². The molecule has 7 heteroatoms. The lowest BCUT2D eigenvalue weighted by Gasteiger charge is -2.20. The molecule has 0 saturated heterocycles. The number of para-hydroxylation sites is 1. The van der Waals surface area contributed by atoms with Gasteiger partial charge in [-0.1, -0.05) is 18.2 Å². The highest BCUT2D eigenvalue weighted by atomic mass is 32.2. The summed E-state index contributed by atoms with van der Waals surface area (Å²) >= 11 is 1.60. The number of hydrogen-bond donors (Lipinski definition) is 1. The zero-order valence-electron chi connectivity index (χ0n) is 14.8. The number of ether oxygens (including phenoxy) is 2. The van der Waals surface area contributed by atoms with E-state index >= 15 is 0 Å². The van der Waals surface area contributed by atoms with Crippen LogP contribution in [0, 0.1) is 0 Å². The molecule has 0 radical (unpaired) electrons. The zero-order chi connectivity index (χ0) is 18.5. The Morgan fingerprint density at radius 3 is 2.76 bits per heavy atom. The molecule has 1 aromatic carbocycles. The van der Waals surface area contributed by atoms with Gasteiger partial charge in [-0.3, -0.25) is 14.5 Å². The van der Waals surface area contributed by atoms with Gasteiger partial charge in [0.25, 0.3) is 0 Å². The molecular formula is C18H26N2O4S. The maximum atomic E-state index is 12.4. The van der Waals surface area contributed by atoms with Crippen molar-refractivity contribution in [1.82, 2.24) is 4.90 Å². The molecule has 1 rings (SSSR count). The molecule has 1 aromatic rings. The van der Waals surface area contributed by atoms with Crippen LogP contribution in [0.15, 0.2) is 41.8 Å². The molecule has 0 aliphatic carbocycles. The van der Waals surface area contributed by atoms with Crippen molar-refractivity contribution in [3.8, 4) is 0 Å². The molecule has 0 bridgehead atoms. The summed E-state index contributed by atoms with van der Waals surface area (Å²) in [6.07, 6.45) is 1.81. The Hall–Kier alpha value is -1.83. The van der Waals surface area contributed by atoms with Crippen LogP contribution in [0.3, 0.4) is 0 Å². The number of carbonyl (C=O) groups excluding carboxylic acids is 2. The molecule has 0 atom stereocenters. The fourth-order valence-corrected chi connectivity index (χ4v) is 2.81. The minimum absolute atomic E-state index is 0.0531. The highest BCUT2D eigenvalue weighted by Crippen LogP contribution is 2.26. The molecule has 0 spiro atoms. The van der Waals surface area contributed by atoms with Gasteiger partial charge < -0.3 is 14.8 Å². The Morgan fingerprint density at radius 1 is 1.32 bits per heavy atom. The molecule has 0 aliphatic heterocycles. The van der Waals surface area contributed by atoms with Gasteiger partial charge in [-0.25, -0.2) is 0 Å². The molecule has 0 aliphatic rings. The van der Waals surface area contributed by atoms with Crippen molar-refractivity contribution in [2.75, 3.05) is 51.0 Å². The summed E-state index contributed by atoms with van der Waals surface area (Å²) in [7, 11) is 1.58. The molecule has 0 fully saturated rings. The first kappa shape index (κ1) is 21.2. The van der Waals surface area contributed by atoms with E-state index in [1.807, 2.05) is 30.3 Å². The number of carbonyl (C=O) groups is 2. The van der Waals surface area contributed by atoms with Crippen LogP contribution in [0.5, 0.6) is 0 Å². The van der Waals surface area contributed by atoms with E-state index in [9.17, 15) is 9.59 Å². The van der Waals surface area contributed by atoms with Gasteiger partial charge in [0.15, 0.2) is 0 Å². The highest BCUT2D eigenvalue weighted by Gasteiger charge is 2.16. The Morgan fingerprint density at radius 2 is 2.08 bits per heavy atom. The van der Waals surface area contributed by atoms with Gasteiger partial charge in [0.1, 0.15) is 0 Å². The minimum atomic E-state index is -0.353. The van der Waals surface area contributed by atoms with E-state index < -0.39 is 0 Å². The first-order valence-corrected chi connectivity index (χ1v) is 9.08. The Balaban J connectivity index is 2.67. The highest BCUT2D eigenvalue weighted by molar-refractivity contribution is 7.99. The lowest BCUT2D eigenvalue weighted by atomic mass is 10.3. The number of anilines is 1. The quantitative estimate of drug-likeness (QED) is 0.348. The summed E-state index contributed by atoms with van der Waals surface area (Å²) in [6, 6.07) is 7.60. The topological polar surface area (TPSA) is 67.9 Å². The predicted molar refractivity (Wildman–Crippen MR) is 101 cm³/mol. The predicted octanol–water partition coefficient (Wildman–Crippen LogP) is 2.41. The lowest BCUT2D eigenvalue weighted by molar-refractivity contribution is -0.144. The SMILES string of the molecule is C=CCSc1ccccc1NC(=O)CN(CCOC)CC(=O)OCC. The first-order valence-electron chi connectivity index (χ1n) is 8.10. The molecular weight excluding hydrogens is 340 g/mol. The van der Waals surface area contributed by atoms with Crippen LogP contribution in [0.4, 0.5) is 5.69 Å². The monoisotopic (exact) mass is 366 g/mol. The Labute approximate surface area is 153 Å². The van der Waals surface area contributed by atoms with Gasteiger partial charge in [-0.05, 0) is 19.1 Å². The number of nitrogens with zero attached hydrogens (tertiary/aromatic N) is 1. The van der Waals surface area contributed by atoms with E-state index in [4.69, 9.17) is 9.47 Å². The van der Waals surface area contributed by atoms with Crippen molar-refractivity contribution in [2.24, 2.45) is 0 Å². The normalized spacial score (nSPS) is 10.5. The van der Waals surface area contributed by atoms with Crippen LogP contribution in [-0.4, -0.2) is 62.5 Å². The van der Waals surface area contributed by atoms with Crippen LogP contribution in [0.25, 0.3) is 0 Å². The average molecular weight is 366 g/mol. The van der Waals surface area contributed by atoms with Crippen molar-refractivity contribution in [1.29, 1.82) is 0 Å². The molecule has 1 amide bonds. The molecule has 25 heavy (non-hydrogen) atoms. The summed E-state index contributed by atoms with van der Waals surface area (Å²) in [5, 5.41) is 2.90. The van der Waals surface area contributed by atoms with Crippen molar-refractivity contribution >= 4 is 29.3 Å². The summed E-state index contributed by atoms with van der Waals surface area (Å²) in [5.41, 5.74) is 0.752. The molecule has 1 N–H and O–H groups in total. The summed E-state index contributed by atoms with van der Waals surface area (Å²) in [5.74, 6) is 0.218. The van der Waals surface area contributed by atoms with Crippen LogP contribution in [-0.2, 0) is 19.1 Å². The van der Waals surface area contributed by atoms with Crippen LogP contribution in [0.2, 0.25) is 0 Å². The number of rotatable bonds is 12. The van der Waals surface area contributed by atoms with Gasteiger partial charge in [0, 0.05) is 24.3 Å². The largest absolute Gasteiger partial charge is 0.465 e. The molecule has 0 unspecified atom stereocenters. The van der Waals surface area contributed by atoms with E-state index in [-0.39, 0.29) is 25.0 Å². The second-order valence-corrected chi connectivity index (χ2v) is 6.21. The van der Waals surface area contributed by atoms with E-state index in [2.05, 4.69) is 11.9 Å². The summed E-state index contributed by atoms with van der Waals surface area (Å²) < 4.78 is 9.99. The molecule has 0 saturated carbocycles. The fourth-order valence-electron chi connectivity index (χ4n) is 2.06. The summed E-state index contributed by atoms with van der Waals surface area (Å²) in [6.45, 7) is 6.81. The van der Waals surface area contributed by atoms with E-state index in [1.165, 1.54) is 0 Å². The summed E-state index contributed by atoms with van der Waals surface area (Å²) in [4.78, 5) is 26.7. The van der Waals surface area contributed by atoms with E-state index in [0.29, 0.717) is 19.8 Å². The lowest BCUT2D eigenvalue weighted by Crippen LogP contribution is -2.39. The number of esters is 1. The minimum Gasteiger partial charge on any atom is -0.465 e. The van der Waals surface area contributed by atoms with E-state index in [0.717, 1.165) is 16.3 Å². The van der Waals surface area contributed by atoms with Gasteiger partial charge >= 0.3 is 5.97 Å². The average Bonchev–Trinajstić information content (AvgIpc) is 2.59. The fraction of sp³-hybridized carbons (Fsp3) is 0.444. The molecule has 0 heterocycles. The number of amides is 1. The molecule has 138 valence electrons. The number of nitrogens with one attached hydrogen (secondary N) is 1. The van der Waals surface area contributed by atoms with Crippen LogP contribution < -0.4 is 5.32 Å². The van der Waals surface area contributed by atoms with Gasteiger partial charge in [0.05, 0.1) is 32.0 Å². The Bertz CT molecular complexity index is 566. The number of thioether (sulfide) groups is 1. The maximum Gasteiger partial charge on any atom is 0.320 e. The van der Waals surface area contributed by atoms with Crippen molar-refractivity contribution in [3.63, 3.8) is 0 Å². The van der Waals surface area contributed by atoms with Gasteiger partial charge in [-0.2, -0.15) is 0 Å². The zero-order valence-corrected chi connectivity index (χ0v) is 15.6. The van der Waals surface area contributed by atoms with Crippen LogP contribution in [0.1, 0.15) is 6.92 Å². The standard InChI is InChI=1S/C18H26N2O4S/c1-4-12-25-16-9-7-6-8-15(16)19-17(21)13-20(10-11-23-3)14-18(22)24-5-2/h4,6-9H,1,5,10-14H2,2-3H3,(H,19,21). The van der Waals surface area contributed by atoms with Crippen molar-refractivity contribution in [3.05, 3.63) is 36.9 Å². The molecule has 6 nitrogen and oxygen atoms in total. The second kappa shape index (κ2) is 12.5. The molecule has 0 aromatic heterocycles. The number of benzene rings is 1. The van der Waals surface area contributed by atoms with Gasteiger partial charge in [-0.15, -0.1) is 18.3 Å². The second-order valence-electron chi connectivity index (χ2n) is 5.15. The van der Waals surface area contributed by atoms with Crippen LogP contribution >= 0.6 is 11.8 Å².